The van der Waals surface area contributed by atoms with E-state index in [9.17, 15) is 14.9 Å². The molecular weight excluding hydrogens is 264 g/mol. The number of nitro benzene ring substituents is 1. The number of nitrogens with one attached hydrogen (secondary N) is 2. The van der Waals surface area contributed by atoms with Gasteiger partial charge in [-0.1, -0.05) is 6.07 Å². The molecule has 1 aromatic carbocycles. The van der Waals surface area contributed by atoms with Gasteiger partial charge in [0.1, 0.15) is 5.69 Å². The number of hydrogen-bond acceptors (Lipinski definition) is 6. The van der Waals surface area contributed by atoms with Crippen molar-refractivity contribution in [2.75, 3.05) is 18.6 Å². The standard InChI is InChI=1S/C12H16N4O4/c13-15-11-9(4-1-5-10(11)16(18)19)12(17)14-8-3-2-6-20-7-8/h1,4-5,8,15H,2-3,6-7,13H2,(H,14,17). The van der Waals surface area contributed by atoms with Crippen LogP contribution in [0, 0.1) is 10.1 Å². The first-order valence-corrected chi connectivity index (χ1v) is 6.26. The average molecular weight is 280 g/mol. The molecule has 0 radical (unpaired) electrons. The van der Waals surface area contributed by atoms with Crippen molar-refractivity contribution in [3.8, 4) is 0 Å². The first-order chi connectivity index (χ1) is 9.63. The molecule has 8 nitrogen and oxygen atoms in total. The summed E-state index contributed by atoms with van der Waals surface area (Å²) >= 11 is 0. The third-order valence-electron chi connectivity index (χ3n) is 3.12. The molecule has 1 fully saturated rings. The van der Waals surface area contributed by atoms with Crippen LogP contribution in [0.2, 0.25) is 0 Å². The number of nitro groups is 1. The minimum Gasteiger partial charge on any atom is -0.379 e. The van der Waals surface area contributed by atoms with E-state index in [1.54, 1.807) is 0 Å². The predicted octanol–water partition coefficient (Wildman–Crippen LogP) is 0.789. The highest BCUT2D eigenvalue weighted by atomic mass is 16.6. The Bertz CT molecular complexity index is 514. The van der Waals surface area contributed by atoms with E-state index in [0.717, 1.165) is 12.8 Å². The van der Waals surface area contributed by atoms with Crippen LogP contribution in [-0.2, 0) is 4.74 Å². The summed E-state index contributed by atoms with van der Waals surface area (Å²) in [4.78, 5) is 22.5. The summed E-state index contributed by atoms with van der Waals surface area (Å²) < 4.78 is 5.27. The highest BCUT2D eigenvalue weighted by Crippen LogP contribution is 2.27. The molecule has 0 spiro atoms. The second-order valence-electron chi connectivity index (χ2n) is 4.49. The molecule has 1 aliphatic heterocycles. The lowest BCUT2D eigenvalue weighted by Crippen LogP contribution is -2.41. The zero-order valence-electron chi connectivity index (χ0n) is 10.8. The second-order valence-corrected chi connectivity index (χ2v) is 4.49. The molecule has 0 aromatic heterocycles. The van der Waals surface area contributed by atoms with E-state index < -0.39 is 10.8 Å². The zero-order valence-corrected chi connectivity index (χ0v) is 10.8. The molecule has 0 saturated carbocycles. The minimum atomic E-state index is -0.588. The molecule has 1 atom stereocenters. The molecule has 20 heavy (non-hydrogen) atoms. The maximum Gasteiger partial charge on any atom is 0.294 e. The maximum atomic E-state index is 12.2. The van der Waals surface area contributed by atoms with Gasteiger partial charge in [-0.15, -0.1) is 0 Å². The van der Waals surface area contributed by atoms with Gasteiger partial charge >= 0.3 is 0 Å². The zero-order chi connectivity index (χ0) is 14.5. The van der Waals surface area contributed by atoms with Crippen molar-refractivity contribution in [3.63, 3.8) is 0 Å². The van der Waals surface area contributed by atoms with Crippen molar-refractivity contribution < 1.29 is 14.5 Å². The van der Waals surface area contributed by atoms with Gasteiger partial charge < -0.3 is 15.5 Å². The van der Waals surface area contributed by atoms with Gasteiger partial charge in [-0.05, 0) is 18.9 Å². The smallest absolute Gasteiger partial charge is 0.294 e. The molecule has 108 valence electrons. The molecule has 1 heterocycles. The average Bonchev–Trinajstić information content (AvgIpc) is 2.47. The fourth-order valence-electron chi connectivity index (χ4n) is 2.15. The van der Waals surface area contributed by atoms with Crippen molar-refractivity contribution in [1.29, 1.82) is 0 Å². The molecule has 2 rings (SSSR count). The van der Waals surface area contributed by atoms with Gasteiger partial charge in [0.25, 0.3) is 11.6 Å². The normalized spacial score (nSPS) is 18.4. The Balaban J connectivity index is 2.20. The fraction of sp³-hybridized carbons (Fsp3) is 0.417. The summed E-state index contributed by atoms with van der Waals surface area (Å²) in [5.41, 5.74) is 2.15. The van der Waals surface area contributed by atoms with Gasteiger partial charge in [-0.25, -0.2) is 0 Å². The number of amides is 1. The lowest BCUT2D eigenvalue weighted by Gasteiger charge is -2.23. The van der Waals surface area contributed by atoms with Crippen molar-refractivity contribution in [1.82, 2.24) is 5.32 Å². The summed E-state index contributed by atoms with van der Waals surface area (Å²) in [6.45, 7) is 1.14. The number of para-hydroxylation sites is 1. The van der Waals surface area contributed by atoms with E-state index in [1.807, 2.05) is 0 Å². The Kier molecular flexibility index (Phi) is 4.49. The van der Waals surface area contributed by atoms with Crippen LogP contribution in [-0.4, -0.2) is 30.1 Å². The minimum absolute atomic E-state index is 0.00623. The lowest BCUT2D eigenvalue weighted by molar-refractivity contribution is -0.384. The number of nitrogens with two attached hydrogens (primary N) is 1. The Labute approximate surface area is 115 Å². The topological polar surface area (TPSA) is 120 Å². The van der Waals surface area contributed by atoms with E-state index in [2.05, 4.69) is 10.7 Å². The molecule has 1 amide bonds. The van der Waals surface area contributed by atoms with Crippen LogP contribution in [0.25, 0.3) is 0 Å². The third kappa shape index (κ3) is 3.03. The van der Waals surface area contributed by atoms with Gasteiger partial charge in [0.15, 0.2) is 0 Å². The second kappa shape index (κ2) is 6.31. The van der Waals surface area contributed by atoms with Crippen molar-refractivity contribution in [3.05, 3.63) is 33.9 Å². The van der Waals surface area contributed by atoms with Gasteiger partial charge in [-0.2, -0.15) is 0 Å². The SMILES string of the molecule is NNc1c(C(=O)NC2CCCOC2)cccc1[N+](=O)[O-]. The number of ether oxygens (including phenoxy) is 1. The molecule has 1 saturated heterocycles. The van der Waals surface area contributed by atoms with Crippen LogP contribution < -0.4 is 16.6 Å². The van der Waals surface area contributed by atoms with Crippen molar-refractivity contribution in [2.45, 2.75) is 18.9 Å². The van der Waals surface area contributed by atoms with Gasteiger partial charge in [-0.3, -0.25) is 20.8 Å². The summed E-state index contributed by atoms with van der Waals surface area (Å²) in [7, 11) is 0. The van der Waals surface area contributed by atoms with Crippen LogP contribution in [0.1, 0.15) is 23.2 Å². The number of anilines is 1. The molecular formula is C12H16N4O4. The predicted molar refractivity (Wildman–Crippen MR) is 72.2 cm³/mol. The molecule has 0 aliphatic carbocycles. The number of nitrogen functional groups attached to an aromatic ring is 1. The Morgan fingerprint density at radius 3 is 2.90 bits per heavy atom. The van der Waals surface area contributed by atoms with Crippen LogP contribution in [0.4, 0.5) is 11.4 Å². The monoisotopic (exact) mass is 280 g/mol. The highest BCUT2D eigenvalue weighted by Gasteiger charge is 2.23. The molecule has 1 aromatic rings. The van der Waals surface area contributed by atoms with E-state index >= 15 is 0 Å². The molecule has 4 N–H and O–H groups in total. The third-order valence-corrected chi connectivity index (χ3v) is 3.12. The summed E-state index contributed by atoms with van der Waals surface area (Å²) in [5.74, 6) is 4.90. The number of hydrazine groups is 1. The van der Waals surface area contributed by atoms with Crippen LogP contribution in [0.5, 0.6) is 0 Å². The number of hydrogen-bond donors (Lipinski definition) is 3. The van der Waals surface area contributed by atoms with E-state index in [4.69, 9.17) is 10.6 Å². The summed E-state index contributed by atoms with van der Waals surface area (Å²) in [6, 6.07) is 4.14. The number of benzene rings is 1. The van der Waals surface area contributed by atoms with Gasteiger partial charge in [0, 0.05) is 12.7 Å². The maximum absolute atomic E-state index is 12.2. The Morgan fingerprint density at radius 1 is 1.50 bits per heavy atom. The number of rotatable bonds is 4. The van der Waals surface area contributed by atoms with E-state index in [1.165, 1.54) is 18.2 Å². The highest BCUT2D eigenvalue weighted by molar-refractivity contribution is 6.01. The van der Waals surface area contributed by atoms with Crippen LogP contribution >= 0.6 is 0 Å². The summed E-state index contributed by atoms with van der Waals surface area (Å²) in [5, 5.41) is 13.7. The Morgan fingerprint density at radius 2 is 2.30 bits per heavy atom. The first-order valence-electron chi connectivity index (χ1n) is 6.26. The molecule has 1 aliphatic rings. The fourth-order valence-corrected chi connectivity index (χ4v) is 2.15. The van der Waals surface area contributed by atoms with E-state index in [0.29, 0.717) is 13.2 Å². The van der Waals surface area contributed by atoms with Crippen molar-refractivity contribution >= 4 is 17.3 Å². The lowest BCUT2D eigenvalue weighted by atomic mass is 10.1. The summed E-state index contributed by atoms with van der Waals surface area (Å²) in [6.07, 6.45) is 1.70. The quantitative estimate of drug-likeness (QED) is 0.426. The number of carbonyl (C=O) groups excluding carboxylic acids is 1. The Hall–Kier alpha value is -2.19. The number of nitrogens with zero attached hydrogens (tertiary/aromatic N) is 1. The van der Waals surface area contributed by atoms with Crippen LogP contribution in [0.15, 0.2) is 18.2 Å². The molecule has 1 unspecified atom stereocenters. The number of carbonyl (C=O) groups is 1. The van der Waals surface area contributed by atoms with Gasteiger partial charge in [0.2, 0.25) is 0 Å². The largest absolute Gasteiger partial charge is 0.379 e. The van der Waals surface area contributed by atoms with E-state index in [-0.39, 0.29) is 23.0 Å². The molecule has 8 heteroatoms. The first kappa shape index (κ1) is 14.2. The molecule has 0 bridgehead atoms. The van der Waals surface area contributed by atoms with Crippen molar-refractivity contribution in [2.24, 2.45) is 5.84 Å². The van der Waals surface area contributed by atoms with Gasteiger partial charge in [0.05, 0.1) is 23.1 Å². The van der Waals surface area contributed by atoms with Crippen LogP contribution in [0.3, 0.4) is 0 Å².